The van der Waals surface area contributed by atoms with E-state index in [0.29, 0.717) is 0 Å². The van der Waals surface area contributed by atoms with Crippen LogP contribution in [-0.2, 0) is 12.8 Å². The first-order valence-corrected chi connectivity index (χ1v) is 14.0. The summed E-state index contributed by atoms with van der Waals surface area (Å²) in [5.41, 5.74) is 6.86. The number of unbranched alkanes of at least 4 members (excludes halogenated alkanes) is 10. The molecule has 0 atom stereocenters. The maximum absolute atomic E-state index is 3.42. The lowest BCUT2D eigenvalue weighted by Gasteiger charge is -2.13. The fourth-order valence-electron chi connectivity index (χ4n) is 4.29. The molecule has 32 heavy (non-hydrogen) atoms. The van der Waals surface area contributed by atoms with Crippen molar-refractivity contribution in [2.45, 2.75) is 111 Å². The second kappa shape index (κ2) is 16.8. The largest absolute Gasteiger partial charge is 0.152 e. The summed E-state index contributed by atoms with van der Waals surface area (Å²) in [6, 6.07) is 7.05. The molecule has 0 saturated carbocycles. The molecular formula is C31H44S. The first-order valence-electron chi connectivity index (χ1n) is 13.1. The van der Waals surface area contributed by atoms with Crippen LogP contribution < -0.4 is 0 Å². The average molecular weight is 449 g/mol. The van der Waals surface area contributed by atoms with E-state index in [9.17, 15) is 0 Å². The number of thiophene rings is 1. The zero-order chi connectivity index (χ0) is 22.9. The highest BCUT2D eigenvalue weighted by Crippen LogP contribution is 2.24. The monoisotopic (exact) mass is 448 g/mol. The molecule has 1 aromatic carbocycles. The van der Waals surface area contributed by atoms with Crippen molar-refractivity contribution < 1.29 is 0 Å². The van der Waals surface area contributed by atoms with E-state index in [4.69, 9.17) is 0 Å². The van der Waals surface area contributed by atoms with Crippen molar-refractivity contribution in [2.75, 3.05) is 0 Å². The Kier molecular flexibility index (Phi) is 13.9. The molecule has 0 aliphatic carbocycles. The molecule has 1 heterocycles. The van der Waals surface area contributed by atoms with E-state index in [2.05, 4.69) is 66.8 Å². The van der Waals surface area contributed by atoms with Crippen LogP contribution in [0.1, 0.15) is 126 Å². The highest BCUT2D eigenvalue weighted by Gasteiger charge is 2.08. The molecule has 0 saturated heterocycles. The topological polar surface area (TPSA) is 0 Å². The van der Waals surface area contributed by atoms with Crippen LogP contribution in [0.5, 0.6) is 0 Å². The van der Waals surface area contributed by atoms with Crippen molar-refractivity contribution in [1.29, 1.82) is 0 Å². The van der Waals surface area contributed by atoms with Gasteiger partial charge in [-0.05, 0) is 77.8 Å². The standard InChI is InChI=1S/C31H44S/c1-4-7-9-11-13-15-18-29-25-31(21-20-27-22-23-32-26-27)30(24-28(29)17-6-3)19-16-14-12-10-8-5-2/h20-26H,4-5,7-16,18-19H2,1-3H3/b21-20+. The fourth-order valence-corrected chi connectivity index (χ4v) is 4.91. The van der Waals surface area contributed by atoms with Gasteiger partial charge in [-0.15, -0.1) is 5.92 Å². The summed E-state index contributed by atoms with van der Waals surface area (Å²) in [7, 11) is 0. The lowest BCUT2D eigenvalue weighted by atomic mass is 9.91. The Morgan fingerprint density at radius 1 is 0.750 bits per heavy atom. The second-order valence-electron chi connectivity index (χ2n) is 9.01. The van der Waals surface area contributed by atoms with Gasteiger partial charge in [-0.3, -0.25) is 0 Å². The average Bonchev–Trinajstić information content (AvgIpc) is 3.32. The fraction of sp³-hybridized carbons (Fsp3) is 0.548. The molecule has 0 N–H and O–H groups in total. The molecule has 0 amide bonds. The van der Waals surface area contributed by atoms with Crippen molar-refractivity contribution in [3.05, 3.63) is 56.8 Å². The molecular weight excluding hydrogens is 404 g/mol. The lowest BCUT2D eigenvalue weighted by Crippen LogP contribution is -1.98. The van der Waals surface area contributed by atoms with Gasteiger partial charge in [-0.25, -0.2) is 0 Å². The van der Waals surface area contributed by atoms with E-state index in [1.54, 1.807) is 11.3 Å². The third kappa shape index (κ3) is 10.2. The van der Waals surface area contributed by atoms with Gasteiger partial charge in [0.2, 0.25) is 0 Å². The molecule has 2 aromatic rings. The van der Waals surface area contributed by atoms with Gasteiger partial charge in [0.15, 0.2) is 0 Å². The normalized spacial score (nSPS) is 11.1. The van der Waals surface area contributed by atoms with Gasteiger partial charge >= 0.3 is 0 Å². The van der Waals surface area contributed by atoms with E-state index in [0.717, 1.165) is 12.8 Å². The summed E-state index contributed by atoms with van der Waals surface area (Å²) in [5, 5.41) is 4.37. The van der Waals surface area contributed by atoms with Crippen molar-refractivity contribution in [2.24, 2.45) is 0 Å². The molecule has 0 nitrogen and oxygen atoms in total. The van der Waals surface area contributed by atoms with Crippen molar-refractivity contribution in [3.8, 4) is 11.8 Å². The molecule has 0 fully saturated rings. The Bertz CT molecular complexity index is 829. The Balaban J connectivity index is 2.13. The predicted octanol–water partition coefficient (Wildman–Crippen LogP) is 10.1. The van der Waals surface area contributed by atoms with Crippen LogP contribution in [0.2, 0.25) is 0 Å². The molecule has 0 unspecified atom stereocenters. The van der Waals surface area contributed by atoms with Gasteiger partial charge in [0.05, 0.1) is 0 Å². The van der Waals surface area contributed by atoms with Crippen LogP contribution >= 0.6 is 11.3 Å². The van der Waals surface area contributed by atoms with Gasteiger partial charge in [-0.1, -0.05) is 102 Å². The minimum atomic E-state index is 1.15. The quantitative estimate of drug-likeness (QED) is 0.177. The zero-order valence-electron chi connectivity index (χ0n) is 20.8. The summed E-state index contributed by atoms with van der Waals surface area (Å²) >= 11 is 1.76. The van der Waals surface area contributed by atoms with Gasteiger partial charge in [0.1, 0.15) is 0 Å². The second-order valence-corrected chi connectivity index (χ2v) is 9.79. The zero-order valence-corrected chi connectivity index (χ0v) is 21.7. The Hall–Kier alpha value is -1.78. The van der Waals surface area contributed by atoms with E-state index >= 15 is 0 Å². The van der Waals surface area contributed by atoms with E-state index in [1.165, 1.54) is 105 Å². The van der Waals surface area contributed by atoms with Crippen LogP contribution in [0.4, 0.5) is 0 Å². The molecule has 0 spiro atoms. The van der Waals surface area contributed by atoms with Gasteiger partial charge in [0, 0.05) is 5.56 Å². The summed E-state index contributed by atoms with van der Waals surface area (Å²) < 4.78 is 0. The molecule has 2 rings (SSSR count). The summed E-state index contributed by atoms with van der Waals surface area (Å²) in [6.07, 6.45) is 23.0. The van der Waals surface area contributed by atoms with Crippen LogP contribution in [0.15, 0.2) is 29.0 Å². The molecule has 1 aromatic heterocycles. The maximum atomic E-state index is 3.42. The van der Waals surface area contributed by atoms with E-state index in [-0.39, 0.29) is 0 Å². The molecule has 0 aliphatic heterocycles. The molecule has 1 heteroatoms. The van der Waals surface area contributed by atoms with Gasteiger partial charge < -0.3 is 0 Å². The highest BCUT2D eigenvalue weighted by molar-refractivity contribution is 7.08. The Morgan fingerprint density at radius 2 is 1.38 bits per heavy atom. The maximum Gasteiger partial charge on any atom is 0.0280 e. The number of benzene rings is 1. The van der Waals surface area contributed by atoms with Gasteiger partial charge in [-0.2, -0.15) is 11.3 Å². The minimum Gasteiger partial charge on any atom is -0.152 e. The van der Waals surface area contributed by atoms with Crippen LogP contribution in [-0.4, -0.2) is 0 Å². The van der Waals surface area contributed by atoms with Crippen molar-refractivity contribution in [1.82, 2.24) is 0 Å². The molecule has 174 valence electrons. The van der Waals surface area contributed by atoms with Crippen LogP contribution in [0, 0.1) is 11.8 Å². The highest BCUT2D eigenvalue weighted by atomic mass is 32.1. The summed E-state index contributed by atoms with van der Waals surface area (Å²) in [4.78, 5) is 0. The van der Waals surface area contributed by atoms with Crippen molar-refractivity contribution >= 4 is 23.5 Å². The van der Waals surface area contributed by atoms with Crippen LogP contribution in [0.3, 0.4) is 0 Å². The smallest absolute Gasteiger partial charge is 0.0280 e. The van der Waals surface area contributed by atoms with E-state index < -0.39 is 0 Å². The lowest BCUT2D eigenvalue weighted by molar-refractivity contribution is 0.605. The third-order valence-electron chi connectivity index (χ3n) is 6.22. The van der Waals surface area contributed by atoms with Gasteiger partial charge in [0.25, 0.3) is 0 Å². The number of rotatable bonds is 16. The number of hydrogen-bond acceptors (Lipinski definition) is 1. The summed E-state index contributed by atoms with van der Waals surface area (Å²) in [5.74, 6) is 6.59. The summed E-state index contributed by atoms with van der Waals surface area (Å²) in [6.45, 7) is 6.54. The van der Waals surface area contributed by atoms with E-state index in [1.807, 2.05) is 6.92 Å². The number of hydrogen-bond donors (Lipinski definition) is 0. The molecule has 0 radical (unpaired) electrons. The van der Waals surface area contributed by atoms with Crippen molar-refractivity contribution in [3.63, 3.8) is 0 Å². The molecule has 0 bridgehead atoms. The first kappa shape index (κ1) is 26.5. The first-order chi connectivity index (χ1) is 15.8. The number of aryl methyl sites for hydroxylation is 2. The SMILES string of the molecule is CC#Cc1cc(CCCCCCCC)c(/C=C/c2ccsc2)cc1CCCCCCCC. The minimum absolute atomic E-state index is 1.15. The Labute approximate surface area is 202 Å². The molecule has 0 aliphatic rings. The predicted molar refractivity (Wildman–Crippen MR) is 146 cm³/mol. The Morgan fingerprint density at radius 3 is 1.97 bits per heavy atom. The van der Waals surface area contributed by atoms with Crippen LogP contribution in [0.25, 0.3) is 12.2 Å². The third-order valence-corrected chi connectivity index (χ3v) is 6.92.